The Labute approximate surface area is 183 Å². The topological polar surface area (TPSA) is 77.5 Å². The number of carbonyl (C=O) groups is 2. The van der Waals surface area contributed by atoms with E-state index in [0.717, 1.165) is 0 Å². The van der Waals surface area contributed by atoms with Crippen LogP contribution in [0.15, 0.2) is 42.5 Å². The number of rotatable bonds is 5. The molecule has 2 aromatic carbocycles. The van der Waals surface area contributed by atoms with Crippen molar-refractivity contribution in [1.29, 1.82) is 0 Å². The van der Waals surface area contributed by atoms with Crippen molar-refractivity contribution in [2.45, 2.75) is 12.7 Å². The van der Waals surface area contributed by atoms with Crippen LogP contribution in [-0.4, -0.2) is 69.4 Å². The third-order valence-corrected chi connectivity index (χ3v) is 5.24. The molecule has 10 heteroatoms. The molecular formula is C22H22F2N2O6. The standard InChI is InChI=1S/C22H22F2N2O6/c1-29-18-12-14(6-7-17(18)32-22(23)24)20(27)26-13-19(21(28)25-8-10-30-11-9-25)31-16-5-3-2-4-15(16)26/h2-7,12,19,22H,8-11,13H2,1H3/t19-/m0/s1. The highest BCUT2D eigenvalue weighted by molar-refractivity contribution is 6.08. The van der Waals surface area contributed by atoms with E-state index in [9.17, 15) is 18.4 Å². The minimum Gasteiger partial charge on any atom is -0.493 e. The molecule has 170 valence electrons. The van der Waals surface area contributed by atoms with Crippen LogP contribution in [0.2, 0.25) is 0 Å². The highest BCUT2D eigenvalue weighted by atomic mass is 19.3. The largest absolute Gasteiger partial charge is 0.493 e. The van der Waals surface area contributed by atoms with Gasteiger partial charge in [-0.25, -0.2) is 0 Å². The van der Waals surface area contributed by atoms with Crippen LogP contribution < -0.4 is 19.1 Å². The molecule has 1 fully saturated rings. The van der Waals surface area contributed by atoms with E-state index in [0.29, 0.717) is 37.7 Å². The fourth-order valence-electron chi connectivity index (χ4n) is 3.69. The van der Waals surface area contributed by atoms with Crippen molar-refractivity contribution in [3.8, 4) is 17.2 Å². The molecule has 4 rings (SSSR count). The van der Waals surface area contributed by atoms with Gasteiger partial charge in [0.05, 0.1) is 32.6 Å². The van der Waals surface area contributed by atoms with Crippen molar-refractivity contribution in [2.24, 2.45) is 0 Å². The lowest BCUT2D eigenvalue weighted by Crippen LogP contribution is -2.54. The van der Waals surface area contributed by atoms with Gasteiger partial charge in [-0.1, -0.05) is 12.1 Å². The monoisotopic (exact) mass is 448 g/mol. The predicted molar refractivity (Wildman–Crippen MR) is 110 cm³/mol. The Bertz CT molecular complexity index is 996. The summed E-state index contributed by atoms with van der Waals surface area (Å²) in [5.74, 6) is -0.426. The summed E-state index contributed by atoms with van der Waals surface area (Å²) in [7, 11) is 1.29. The molecule has 32 heavy (non-hydrogen) atoms. The second-order valence-electron chi connectivity index (χ2n) is 7.17. The summed E-state index contributed by atoms with van der Waals surface area (Å²) in [5.41, 5.74) is 0.702. The molecule has 1 atom stereocenters. The first-order valence-electron chi connectivity index (χ1n) is 10.0. The van der Waals surface area contributed by atoms with Crippen LogP contribution in [0.3, 0.4) is 0 Å². The number of hydrogen-bond donors (Lipinski definition) is 0. The van der Waals surface area contributed by atoms with Crippen molar-refractivity contribution in [3.63, 3.8) is 0 Å². The van der Waals surface area contributed by atoms with Gasteiger partial charge < -0.3 is 28.7 Å². The van der Waals surface area contributed by atoms with Crippen molar-refractivity contribution >= 4 is 17.5 Å². The molecule has 2 aromatic rings. The van der Waals surface area contributed by atoms with Crippen LogP contribution in [0.25, 0.3) is 0 Å². The van der Waals surface area contributed by atoms with Crippen molar-refractivity contribution < 1.29 is 37.3 Å². The molecule has 2 heterocycles. The van der Waals surface area contributed by atoms with E-state index < -0.39 is 18.6 Å². The molecule has 8 nitrogen and oxygen atoms in total. The molecule has 0 bridgehead atoms. The van der Waals surface area contributed by atoms with Gasteiger partial charge in [0.1, 0.15) is 5.75 Å². The Balaban J connectivity index is 1.62. The van der Waals surface area contributed by atoms with Crippen LogP contribution in [0.5, 0.6) is 17.2 Å². The van der Waals surface area contributed by atoms with Crippen molar-refractivity contribution in [3.05, 3.63) is 48.0 Å². The minimum absolute atomic E-state index is 0.00126. The van der Waals surface area contributed by atoms with Crippen LogP contribution >= 0.6 is 0 Å². The van der Waals surface area contributed by atoms with E-state index in [4.69, 9.17) is 14.2 Å². The molecule has 1 saturated heterocycles. The number of hydrogen-bond acceptors (Lipinski definition) is 6. The van der Waals surface area contributed by atoms with E-state index in [-0.39, 0.29) is 29.5 Å². The molecule has 0 unspecified atom stereocenters. The maximum Gasteiger partial charge on any atom is 0.387 e. The lowest BCUT2D eigenvalue weighted by molar-refractivity contribution is -0.142. The second-order valence-corrected chi connectivity index (χ2v) is 7.17. The third kappa shape index (κ3) is 4.45. The first kappa shape index (κ1) is 21.8. The summed E-state index contributed by atoms with van der Waals surface area (Å²) in [6.07, 6.45) is -0.879. The van der Waals surface area contributed by atoms with E-state index in [1.54, 1.807) is 29.2 Å². The average molecular weight is 448 g/mol. The normalized spacial score (nSPS) is 18.1. The highest BCUT2D eigenvalue weighted by Crippen LogP contribution is 2.36. The quantitative estimate of drug-likeness (QED) is 0.700. The summed E-state index contributed by atoms with van der Waals surface area (Å²) in [6, 6.07) is 10.9. The zero-order chi connectivity index (χ0) is 22.7. The molecule has 0 spiro atoms. The van der Waals surface area contributed by atoms with Gasteiger partial charge in [-0.3, -0.25) is 9.59 Å². The van der Waals surface area contributed by atoms with Crippen molar-refractivity contribution in [2.75, 3.05) is 44.9 Å². The van der Waals surface area contributed by atoms with Crippen LogP contribution in [-0.2, 0) is 9.53 Å². The summed E-state index contributed by atoms with van der Waals surface area (Å²) < 4.78 is 46.0. The lowest BCUT2D eigenvalue weighted by Gasteiger charge is -2.37. The Hall–Kier alpha value is -3.40. The second kappa shape index (κ2) is 9.39. The van der Waals surface area contributed by atoms with Crippen LogP contribution in [0.1, 0.15) is 10.4 Å². The molecule has 2 aliphatic heterocycles. The number of benzene rings is 2. The maximum absolute atomic E-state index is 13.4. The number of ether oxygens (including phenoxy) is 4. The van der Waals surface area contributed by atoms with E-state index >= 15 is 0 Å². The fraction of sp³-hybridized carbons (Fsp3) is 0.364. The Morgan fingerprint density at radius 1 is 1.09 bits per heavy atom. The number of halogens is 2. The number of fused-ring (bicyclic) bond motifs is 1. The number of nitrogens with zero attached hydrogens (tertiary/aromatic N) is 2. The number of morpholine rings is 1. The van der Waals surface area contributed by atoms with Gasteiger partial charge in [0.25, 0.3) is 11.8 Å². The predicted octanol–water partition coefficient (Wildman–Crippen LogP) is 2.56. The van der Waals surface area contributed by atoms with E-state index in [2.05, 4.69) is 4.74 Å². The highest BCUT2D eigenvalue weighted by Gasteiger charge is 2.37. The van der Waals surface area contributed by atoms with Gasteiger partial charge in [0, 0.05) is 18.7 Å². The number of carbonyl (C=O) groups excluding carboxylic acids is 2. The first-order chi connectivity index (χ1) is 15.5. The van der Waals surface area contributed by atoms with Crippen LogP contribution in [0, 0.1) is 0 Å². The Morgan fingerprint density at radius 3 is 2.56 bits per heavy atom. The summed E-state index contributed by atoms with van der Waals surface area (Å²) in [6.45, 7) is -1.21. The fourth-order valence-corrected chi connectivity index (χ4v) is 3.69. The molecule has 0 aromatic heterocycles. The van der Waals surface area contributed by atoms with Crippen molar-refractivity contribution in [1.82, 2.24) is 4.90 Å². The molecule has 0 N–H and O–H groups in total. The Kier molecular flexibility index (Phi) is 6.40. The van der Waals surface area contributed by atoms with E-state index in [1.807, 2.05) is 0 Å². The lowest BCUT2D eigenvalue weighted by atomic mass is 10.1. The summed E-state index contributed by atoms with van der Waals surface area (Å²) in [5, 5.41) is 0. The van der Waals surface area contributed by atoms with E-state index in [1.165, 1.54) is 30.2 Å². The average Bonchev–Trinajstić information content (AvgIpc) is 2.83. The van der Waals surface area contributed by atoms with Gasteiger partial charge in [0.15, 0.2) is 17.6 Å². The molecule has 0 aliphatic carbocycles. The SMILES string of the molecule is COc1cc(C(=O)N2C[C@@H](C(=O)N3CCOCC3)Oc3ccccc32)ccc1OC(F)F. The number of amides is 2. The Morgan fingerprint density at radius 2 is 1.84 bits per heavy atom. The molecule has 2 aliphatic rings. The molecule has 2 amide bonds. The number of methoxy groups -OCH3 is 1. The third-order valence-electron chi connectivity index (χ3n) is 5.24. The van der Waals surface area contributed by atoms with Gasteiger partial charge in [-0.15, -0.1) is 0 Å². The summed E-state index contributed by atoms with van der Waals surface area (Å²) in [4.78, 5) is 29.5. The van der Waals surface area contributed by atoms with Gasteiger partial charge in [-0.2, -0.15) is 8.78 Å². The van der Waals surface area contributed by atoms with Gasteiger partial charge >= 0.3 is 6.61 Å². The van der Waals surface area contributed by atoms with Gasteiger partial charge in [0.2, 0.25) is 0 Å². The minimum atomic E-state index is -3.02. The molecular weight excluding hydrogens is 426 g/mol. The zero-order valence-electron chi connectivity index (χ0n) is 17.3. The number of anilines is 1. The smallest absolute Gasteiger partial charge is 0.387 e. The number of alkyl halides is 2. The zero-order valence-corrected chi connectivity index (χ0v) is 17.3. The first-order valence-corrected chi connectivity index (χ1v) is 10.0. The molecule has 0 radical (unpaired) electrons. The maximum atomic E-state index is 13.4. The number of para-hydroxylation sites is 2. The van der Waals surface area contributed by atoms with Crippen LogP contribution in [0.4, 0.5) is 14.5 Å². The van der Waals surface area contributed by atoms with Gasteiger partial charge in [-0.05, 0) is 30.3 Å². The summed E-state index contributed by atoms with van der Waals surface area (Å²) >= 11 is 0. The molecule has 0 saturated carbocycles.